The van der Waals surface area contributed by atoms with Gasteiger partial charge in [0.05, 0.1) is 11.2 Å². The number of aryl methyl sites for hydroxylation is 1. The molecule has 0 aliphatic heterocycles. The summed E-state index contributed by atoms with van der Waals surface area (Å²) < 4.78 is 2.10. The summed E-state index contributed by atoms with van der Waals surface area (Å²) in [7, 11) is 0. The predicted octanol–water partition coefficient (Wildman–Crippen LogP) is 4.88. The van der Waals surface area contributed by atoms with Gasteiger partial charge in [-0.15, -0.1) is 0 Å². The molecular weight excluding hydrogens is 380 g/mol. The summed E-state index contributed by atoms with van der Waals surface area (Å²) in [6.45, 7) is 9.48. The number of nitrogens with one attached hydrogen (secondary N) is 1. The van der Waals surface area contributed by atoms with Crippen molar-refractivity contribution in [2.45, 2.75) is 47.1 Å². The Labute approximate surface area is 176 Å². The van der Waals surface area contributed by atoms with E-state index in [1.54, 1.807) is 12.1 Å². The molecule has 0 bridgehead atoms. The van der Waals surface area contributed by atoms with Gasteiger partial charge in [-0.25, -0.2) is 0 Å². The minimum Gasteiger partial charge on any atom is -0.508 e. The van der Waals surface area contributed by atoms with Crippen molar-refractivity contribution >= 4 is 28.5 Å². The van der Waals surface area contributed by atoms with E-state index in [4.69, 9.17) is 0 Å². The van der Waals surface area contributed by atoms with Gasteiger partial charge in [-0.3, -0.25) is 9.59 Å². The van der Waals surface area contributed by atoms with E-state index in [0.717, 1.165) is 27.6 Å². The third-order valence-corrected chi connectivity index (χ3v) is 5.54. The Kier molecular flexibility index (Phi) is 5.61. The third-order valence-electron chi connectivity index (χ3n) is 5.54. The number of aromatic nitrogens is 1. The fourth-order valence-corrected chi connectivity index (χ4v) is 3.48. The molecule has 6 heteroatoms. The van der Waals surface area contributed by atoms with Gasteiger partial charge in [-0.2, -0.15) is 0 Å². The van der Waals surface area contributed by atoms with Crippen molar-refractivity contribution in [3.05, 3.63) is 59.3 Å². The number of aliphatic carboxylic acids is 1. The standard InChI is InChI=1S/C24H28N2O4/c1-14(2)18-12-16(7-9-20(18)27)13-26-11-10-17-19(8-6-15(3)21(17)26)25-22(28)24(4,5)23(29)30/h6-12,14,27H,13H2,1-5H3,(H,25,28)(H,29,30). The molecule has 0 fully saturated rings. The minimum atomic E-state index is -1.53. The highest BCUT2D eigenvalue weighted by molar-refractivity contribution is 6.11. The molecular formula is C24H28N2O4. The number of fused-ring (bicyclic) bond motifs is 1. The average Bonchev–Trinajstić information content (AvgIpc) is 3.09. The Morgan fingerprint density at radius 3 is 2.47 bits per heavy atom. The second kappa shape index (κ2) is 7.86. The first-order valence-electron chi connectivity index (χ1n) is 9.97. The maximum Gasteiger partial charge on any atom is 0.318 e. The smallest absolute Gasteiger partial charge is 0.318 e. The first-order valence-corrected chi connectivity index (χ1v) is 9.97. The highest BCUT2D eigenvalue weighted by Crippen LogP contribution is 2.31. The lowest BCUT2D eigenvalue weighted by Crippen LogP contribution is -2.37. The van der Waals surface area contributed by atoms with Crippen molar-refractivity contribution in [3.63, 3.8) is 0 Å². The molecule has 1 heterocycles. The van der Waals surface area contributed by atoms with Crippen LogP contribution >= 0.6 is 0 Å². The number of carbonyl (C=O) groups excluding carboxylic acids is 1. The Bertz CT molecular complexity index is 1130. The normalized spacial score (nSPS) is 11.8. The van der Waals surface area contributed by atoms with Crippen molar-refractivity contribution in [2.75, 3.05) is 5.32 Å². The number of aromatic hydroxyl groups is 1. The molecule has 1 aromatic heterocycles. The van der Waals surface area contributed by atoms with Crippen LogP contribution in [0.1, 0.15) is 50.3 Å². The van der Waals surface area contributed by atoms with Gasteiger partial charge in [0.2, 0.25) is 5.91 Å². The van der Waals surface area contributed by atoms with E-state index in [0.29, 0.717) is 18.0 Å². The fourth-order valence-electron chi connectivity index (χ4n) is 3.48. The first kappa shape index (κ1) is 21.4. The van der Waals surface area contributed by atoms with E-state index < -0.39 is 17.3 Å². The summed E-state index contributed by atoms with van der Waals surface area (Å²) in [6.07, 6.45) is 1.96. The van der Waals surface area contributed by atoms with Crippen molar-refractivity contribution in [2.24, 2.45) is 5.41 Å². The van der Waals surface area contributed by atoms with Crippen molar-refractivity contribution in [1.29, 1.82) is 0 Å². The summed E-state index contributed by atoms with van der Waals surface area (Å²) in [4.78, 5) is 23.9. The fraction of sp³-hybridized carbons (Fsp3) is 0.333. The number of nitrogens with zero attached hydrogens (tertiary/aromatic N) is 1. The van der Waals surface area contributed by atoms with Gasteiger partial charge >= 0.3 is 5.97 Å². The van der Waals surface area contributed by atoms with Gasteiger partial charge in [-0.1, -0.05) is 32.0 Å². The Balaban J connectivity index is 1.98. The molecule has 0 aliphatic rings. The van der Waals surface area contributed by atoms with Crippen LogP contribution in [-0.4, -0.2) is 26.7 Å². The molecule has 0 radical (unpaired) electrons. The highest BCUT2D eigenvalue weighted by atomic mass is 16.4. The molecule has 3 rings (SSSR count). The van der Waals surface area contributed by atoms with E-state index in [2.05, 4.69) is 9.88 Å². The van der Waals surface area contributed by atoms with Gasteiger partial charge < -0.3 is 20.1 Å². The molecule has 3 aromatic rings. The second-order valence-electron chi connectivity index (χ2n) is 8.57. The van der Waals surface area contributed by atoms with Gasteiger partial charge in [-0.05, 0) is 61.6 Å². The summed E-state index contributed by atoms with van der Waals surface area (Å²) in [5, 5.41) is 23.0. The van der Waals surface area contributed by atoms with Crippen LogP contribution in [0.2, 0.25) is 0 Å². The minimum absolute atomic E-state index is 0.215. The third kappa shape index (κ3) is 3.90. The van der Waals surface area contributed by atoms with E-state index in [1.165, 1.54) is 13.8 Å². The Morgan fingerprint density at radius 2 is 1.83 bits per heavy atom. The number of hydrogen-bond donors (Lipinski definition) is 3. The maximum atomic E-state index is 12.5. The lowest BCUT2D eigenvalue weighted by atomic mass is 9.92. The van der Waals surface area contributed by atoms with Crippen LogP contribution in [0.25, 0.3) is 10.9 Å². The molecule has 6 nitrogen and oxygen atoms in total. The van der Waals surface area contributed by atoms with E-state index in [9.17, 15) is 19.8 Å². The molecule has 0 saturated carbocycles. The molecule has 3 N–H and O–H groups in total. The largest absolute Gasteiger partial charge is 0.508 e. The van der Waals surface area contributed by atoms with Crippen LogP contribution in [0.3, 0.4) is 0 Å². The molecule has 158 valence electrons. The van der Waals surface area contributed by atoms with Crippen LogP contribution < -0.4 is 5.32 Å². The molecule has 0 saturated heterocycles. The number of carboxylic acid groups (broad SMARTS) is 1. The predicted molar refractivity (Wildman–Crippen MR) is 118 cm³/mol. The Hall–Kier alpha value is -3.28. The van der Waals surface area contributed by atoms with Crippen LogP contribution in [-0.2, 0) is 16.1 Å². The van der Waals surface area contributed by atoms with Crippen molar-refractivity contribution < 1.29 is 19.8 Å². The monoisotopic (exact) mass is 408 g/mol. The zero-order valence-corrected chi connectivity index (χ0v) is 18.0. The van der Waals surface area contributed by atoms with Gasteiger partial charge in [0.25, 0.3) is 0 Å². The second-order valence-corrected chi connectivity index (χ2v) is 8.57. The SMILES string of the molecule is Cc1ccc(NC(=O)C(C)(C)C(=O)O)c2ccn(Cc3ccc(O)c(C(C)C)c3)c12. The number of carbonyl (C=O) groups is 2. The molecule has 0 atom stereocenters. The van der Waals surface area contributed by atoms with E-state index in [1.807, 2.05) is 51.2 Å². The first-order chi connectivity index (χ1) is 14.0. The van der Waals surface area contributed by atoms with Crippen LogP contribution in [0, 0.1) is 12.3 Å². The molecule has 2 aromatic carbocycles. The van der Waals surface area contributed by atoms with E-state index in [-0.39, 0.29) is 5.92 Å². The summed E-state index contributed by atoms with van der Waals surface area (Å²) in [6, 6.07) is 11.3. The van der Waals surface area contributed by atoms with Gasteiger partial charge in [0.1, 0.15) is 11.2 Å². The zero-order valence-electron chi connectivity index (χ0n) is 18.0. The van der Waals surface area contributed by atoms with Crippen molar-refractivity contribution in [3.8, 4) is 5.75 Å². The van der Waals surface area contributed by atoms with Gasteiger partial charge in [0.15, 0.2) is 0 Å². The molecule has 1 amide bonds. The summed E-state index contributed by atoms with van der Waals surface area (Å²) >= 11 is 0. The number of phenols is 1. The van der Waals surface area contributed by atoms with Crippen LogP contribution in [0.5, 0.6) is 5.75 Å². The maximum absolute atomic E-state index is 12.5. The number of benzene rings is 2. The number of anilines is 1. The Morgan fingerprint density at radius 1 is 1.13 bits per heavy atom. The topological polar surface area (TPSA) is 91.6 Å². The number of phenolic OH excluding ortho intramolecular Hbond substituents is 1. The quantitative estimate of drug-likeness (QED) is 0.507. The zero-order chi connectivity index (χ0) is 22.2. The number of amides is 1. The highest BCUT2D eigenvalue weighted by Gasteiger charge is 2.36. The molecule has 0 spiro atoms. The van der Waals surface area contributed by atoms with Crippen LogP contribution in [0.4, 0.5) is 5.69 Å². The lowest BCUT2D eigenvalue weighted by molar-refractivity contribution is -0.151. The number of carboxylic acids is 1. The molecule has 0 aliphatic carbocycles. The van der Waals surface area contributed by atoms with Gasteiger partial charge in [0, 0.05) is 18.1 Å². The average molecular weight is 408 g/mol. The van der Waals surface area contributed by atoms with Crippen LogP contribution in [0.15, 0.2) is 42.6 Å². The summed E-state index contributed by atoms with van der Waals surface area (Å²) in [5.41, 5.74) is 3.05. The number of hydrogen-bond acceptors (Lipinski definition) is 3. The molecule has 30 heavy (non-hydrogen) atoms. The number of rotatable bonds is 6. The lowest BCUT2D eigenvalue weighted by Gasteiger charge is -2.19. The summed E-state index contributed by atoms with van der Waals surface area (Å²) in [5.74, 6) is -1.22. The van der Waals surface area contributed by atoms with Crippen molar-refractivity contribution in [1.82, 2.24) is 4.57 Å². The van der Waals surface area contributed by atoms with E-state index >= 15 is 0 Å². The molecule has 0 unspecified atom stereocenters.